The maximum atomic E-state index is 13.0. The predicted octanol–water partition coefficient (Wildman–Crippen LogP) is 4.54. The van der Waals surface area contributed by atoms with Crippen molar-refractivity contribution in [2.75, 3.05) is 0 Å². The van der Waals surface area contributed by atoms with Crippen molar-refractivity contribution in [3.05, 3.63) is 60.7 Å². The Bertz CT molecular complexity index is 646. The van der Waals surface area contributed by atoms with Crippen molar-refractivity contribution in [1.29, 1.82) is 0 Å². The lowest BCUT2D eigenvalue weighted by molar-refractivity contribution is -0.162. The van der Waals surface area contributed by atoms with Crippen LogP contribution < -0.4 is 9.47 Å². The number of carbonyl (C=O) groups excluding carboxylic acids is 2. The predicted molar refractivity (Wildman–Crippen MR) is 94.3 cm³/mol. The highest BCUT2D eigenvalue weighted by atomic mass is 16.6. The topological polar surface area (TPSA) is 52.6 Å². The van der Waals surface area contributed by atoms with Crippen LogP contribution in [0.4, 0.5) is 0 Å². The van der Waals surface area contributed by atoms with Crippen LogP contribution in [0.5, 0.6) is 11.5 Å². The highest BCUT2D eigenvalue weighted by molar-refractivity contribution is 6.01. The van der Waals surface area contributed by atoms with Crippen molar-refractivity contribution in [1.82, 2.24) is 0 Å². The van der Waals surface area contributed by atoms with Crippen LogP contribution in [-0.2, 0) is 9.59 Å². The molecule has 4 heteroatoms. The minimum atomic E-state index is -1.23. The van der Waals surface area contributed by atoms with E-state index in [0.29, 0.717) is 24.3 Å². The van der Waals surface area contributed by atoms with E-state index in [-0.39, 0.29) is 0 Å². The van der Waals surface area contributed by atoms with E-state index in [1.54, 1.807) is 48.5 Å². The van der Waals surface area contributed by atoms with Crippen molar-refractivity contribution >= 4 is 11.9 Å². The van der Waals surface area contributed by atoms with Crippen molar-refractivity contribution < 1.29 is 19.1 Å². The van der Waals surface area contributed by atoms with Crippen molar-refractivity contribution in [3.8, 4) is 11.5 Å². The molecular weight excluding hydrogens is 316 g/mol. The monoisotopic (exact) mass is 338 g/mol. The van der Waals surface area contributed by atoms with Gasteiger partial charge >= 0.3 is 11.9 Å². The molecule has 0 aromatic heterocycles. The Morgan fingerprint density at radius 1 is 0.640 bits per heavy atom. The summed E-state index contributed by atoms with van der Waals surface area (Å²) in [6.45, 7) is 0. The molecule has 0 amide bonds. The Balaban J connectivity index is 1.84. The van der Waals surface area contributed by atoms with Crippen LogP contribution >= 0.6 is 0 Å². The van der Waals surface area contributed by atoms with E-state index in [1.165, 1.54) is 0 Å². The summed E-state index contributed by atoms with van der Waals surface area (Å²) in [7, 11) is 0. The highest BCUT2D eigenvalue weighted by Gasteiger charge is 2.49. The van der Waals surface area contributed by atoms with Crippen LogP contribution in [0.1, 0.15) is 38.5 Å². The molecular formula is C21H22O4. The Morgan fingerprint density at radius 2 is 1.04 bits per heavy atom. The van der Waals surface area contributed by atoms with E-state index in [1.807, 2.05) is 12.1 Å². The normalized spacial score (nSPS) is 16.5. The number of hydrogen-bond donors (Lipinski definition) is 0. The van der Waals surface area contributed by atoms with Gasteiger partial charge in [0.15, 0.2) is 5.41 Å². The van der Waals surface area contributed by atoms with E-state index in [9.17, 15) is 9.59 Å². The first-order valence-corrected chi connectivity index (χ1v) is 8.75. The third kappa shape index (κ3) is 4.08. The summed E-state index contributed by atoms with van der Waals surface area (Å²) in [5.41, 5.74) is -1.23. The lowest BCUT2D eigenvalue weighted by Crippen LogP contribution is -2.44. The van der Waals surface area contributed by atoms with Crippen molar-refractivity contribution in [3.63, 3.8) is 0 Å². The van der Waals surface area contributed by atoms with Crippen LogP contribution in [0.15, 0.2) is 60.7 Å². The number of benzene rings is 2. The van der Waals surface area contributed by atoms with E-state index in [2.05, 4.69) is 0 Å². The molecule has 0 aliphatic heterocycles. The zero-order valence-electron chi connectivity index (χ0n) is 14.1. The van der Waals surface area contributed by atoms with Gasteiger partial charge in [-0.15, -0.1) is 0 Å². The summed E-state index contributed by atoms with van der Waals surface area (Å²) in [5.74, 6) is -0.129. The molecule has 130 valence electrons. The van der Waals surface area contributed by atoms with Crippen LogP contribution in [0, 0.1) is 5.41 Å². The molecule has 0 radical (unpaired) electrons. The molecule has 0 unspecified atom stereocenters. The summed E-state index contributed by atoms with van der Waals surface area (Å²) in [6, 6.07) is 17.7. The Kier molecular flexibility index (Phi) is 5.49. The van der Waals surface area contributed by atoms with Crippen molar-refractivity contribution in [2.45, 2.75) is 38.5 Å². The molecule has 2 aromatic rings. The first kappa shape index (κ1) is 17.2. The Labute approximate surface area is 147 Å². The largest absolute Gasteiger partial charge is 0.426 e. The summed E-state index contributed by atoms with van der Waals surface area (Å²) in [6.07, 6.45) is 4.58. The molecule has 1 fully saturated rings. The standard InChI is InChI=1S/C21H22O4/c22-19(24-17-11-5-3-6-12-17)21(15-9-1-2-10-16-21)20(23)25-18-13-7-4-8-14-18/h3-8,11-14H,1-2,9-10,15-16H2. The molecule has 1 aliphatic rings. The van der Waals surface area contributed by atoms with Gasteiger partial charge in [0.25, 0.3) is 0 Å². The maximum absolute atomic E-state index is 13.0. The molecule has 2 aromatic carbocycles. The molecule has 0 heterocycles. The lowest BCUT2D eigenvalue weighted by atomic mass is 9.80. The second-order valence-corrected chi connectivity index (χ2v) is 6.40. The molecule has 3 rings (SSSR count). The molecule has 0 bridgehead atoms. The Morgan fingerprint density at radius 3 is 1.44 bits per heavy atom. The summed E-state index contributed by atoms with van der Waals surface area (Å²) in [4.78, 5) is 25.9. The summed E-state index contributed by atoms with van der Waals surface area (Å²) < 4.78 is 11.1. The maximum Gasteiger partial charge on any atom is 0.328 e. The minimum absolute atomic E-state index is 0.448. The number of carbonyl (C=O) groups is 2. The molecule has 0 spiro atoms. The zero-order valence-corrected chi connectivity index (χ0v) is 14.1. The number of hydrogen-bond acceptors (Lipinski definition) is 4. The SMILES string of the molecule is O=C(Oc1ccccc1)C1(C(=O)Oc2ccccc2)CCCCCC1. The van der Waals surface area contributed by atoms with Gasteiger partial charge in [-0.2, -0.15) is 0 Å². The van der Waals surface area contributed by atoms with Crippen LogP contribution in [-0.4, -0.2) is 11.9 Å². The van der Waals surface area contributed by atoms with Gasteiger partial charge in [0.05, 0.1) is 0 Å². The summed E-state index contributed by atoms with van der Waals surface area (Å²) >= 11 is 0. The fraction of sp³-hybridized carbons (Fsp3) is 0.333. The van der Waals surface area contributed by atoms with Crippen LogP contribution in [0.25, 0.3) is 0 Å². The molecule has 1 saturated carbocycles. The molecule has 0 atom stereocenters. The lowest BCUT2D eigenvalue weighted by Gasteiger charge is -2.27. The first-order valence-electron chi connectivity index (χ1n) is 8.75. The average molecular weight is 338 g/mol. The summed E-state index contributed by atoms with van der Waals surface area (Å²) in [5, 5.41) is 0. The minimum Gasteiger partial charge on any atom is -0.426 e. The van der Waals surface area contributed by atoms with E-state index < -0.39 is 17.4 Å². The van der Waals surface area contributed by atoms with Gasteiger partial charge in [-0.1, -0.05) is 62.1 Å². The number of para-hydroxylation sites is 2. The van der Waals surface area contributed by atoms with Crippen molar-refractivity contribution in [2.24, 2.45) is 5.41 Å². The Hall–Kier alpha value is -2.62. The third-order valence-corrected chi connectivity index (χ3v) is 4.65. The fourth-order valence-electron chi connectivity index (χ4n) is 3.21. The second-order valence-electron chi connectivity index (χ2n) is 6.40. The number of ether oxygens (including phenoxy) is 2. The smallest absolute Gasteiger partial charge is 0.328 e. The van der Waals surface area contributed by atoms with Gasteiger partial charge in [-0.3, -0.25) is 9.59 Å². The van der Waals surface area contributed by atoms with E-state index >= 15 is 0 Å². The van der Waals surface area contributed by atoms with Gasteiger partial charge in [0.1, 0.15) is 11.5 Å². The number of esters is 2. The fourth-order valence-corrected chi connectivity index (χ4v) is 3.21. The van der Waals surface area contributed by atoms with E-state index in [4.69, 9.17) is 9.47 Å². The average Bonchev–Trinajstić information content (AvgIpc) is 2.90. The zero-order chi connectivity index (χ0) is 17.5. The third-order valence-electron chi connectivity index (χ3n) is 4.65. The molecule has 4 nitrogen and oxygen atoms in total. The molecule has 0 N–H and O–H groups in total. The van der Waals surface area contributed by atoms with E-state index in [0.717, 1.165) is 25.7 Å². The van der Waals surface area contributed by atoms with Gasteiger partial charge < -0.3 is 9.47 Å². The molecule has 0 saturated heterocycles. The first-order chi connectivity index (χ1) is 12.2. The highest BCUT2D eigenvalue weighted by Crippen LogP contribution is 2.38. The van der Waals surface area contributed by atoms with Crippen LogP contribution in [0.2, 0.25) is 0 Å². The molecule has 25 heavy (non-hydrogen) atoms. The van der Waals surface area contributed by atoms with Gasteiger partial charge in [-0.25, -0.2) is 0 Å². The van der Waals surface area contributed by atoms with Gasteiger partial charge in [-0.05, 0) is 37.1 Å². The quantitative estimate of drug-likeness (QED) is 0.355. The second kappa shape index (κ2) is 7.97. The van der Waals surface area contributed by atoms with Gasteiger partial charge in [0, 0.05) is 0 Å². The van der Waals surface area contributed by atoms with Gasteiger partial charge in [0.2, 0.25) is 0 Å². The molecule has 1 aliphatic carbocycles. The van der Waals surface area contributed by atoms with Crippen LogP contribution in [0.3, 0.4) is 0 Å². The number of rotatable bonds is 4.